The summed E-state index contributed by atoms with van der Waals surface area (Å²) in [6, 6.07) is 2.23. The van der Waals surface area contributed by atoms with Gasteiger partial charge in [0.25, 0.3) is 0 Å². The minimum atomic E-state index is -0.579. The first kappa shape index (κ1) is 26.1. The van der Waals surface area contributed by atoms with Gasteiger partial charge in [-0.2, -0.15) is 5.26 Å². The molecule has 0 aliphatic heterocycles. The number of methoxy groups -OCH3 is 1. The molecule has 0 aromatic carbocycles. The van der Waals surface area contributed by atoms with Gasteiger partial charge in [-0.05, 0) is 89.8 Å². The molecule has 0 bridgehead atoms. The van der Waals surface area contributed by atoms with Gasteiger partial charge in [0, 0.05) is 24.9 Å². The van der Waals surface area contributed by atoms with E-state index in [1.165, 1.54) is 6.42 Å². The topological polar surface area (TPSA) is 67.2 Å². The van der Waals surface area contributed by atoms with Crippen LogP contribution in [0, 0.1) is 67.5 Å². The lowest BCUT2D eigenvalue weighted by Gasteiger charge is -2.72. The van der Waals surface area contributed by atoms with Crippen LogP contribution < -0.4 is 0 Å². The van der Waals surface area contributed by atoms with Crippen LogP contribution in [-0.4, -0.2) is 25.3 Å². The number of carbonyl (C=O) groups excluding carboxylic acids is 2. The molecule has 198 valence electrons. The Bertz CT molecular complexity index is 1060. The van der Waals surface area contributed by atoms with Crippen molar-refractivity contribution in [3.8, 4) is 6.07 Å². The molecular formula is C32H47NO3. The Morgan fingerprint density at radius 2 is 1.61 bits per heavy atom. The molecule has 5 aliphatic carbocycles. The normalized spacial score (nSPS) is 49.0. The van der Waals surface area contributed by atoms with Crippen molar-refractivity contribution in [3.05, 3.63) is 11.6 Å². The molecule has 0 radical (unpaired) electrons. The molecule has 4 heteroatoms. The number of allylic oxidation sites excluding steroid dienone is 2. The lowest BCUT2D eigenvalue weighted by Crippen LogP contribution is -2.69. The first-order valence-electron chi connectivity index (χ1n) is 14.3. The number of hydrogen-bond acceptors (Lipinski definition) is 4. The highest BCUT2D eigenvalue weighted by atomic mass is 16.5. The molecular weight excluding hydrogens is 446 g/mol. The molecule has 8 atom stereocenters. The largest absolute Gasteiger partial charge is 0.384 e. The third-order valence-electron chi connectivity index (χ3n) is 13.1. The maximum Gasteiger partial charge on any atom is 0.178 e. The Hall–Kier alpha value is -1.47. The van der Waals surface area contributed by atoms with E-state index in [2.05, 4.69) is 40.7 Å². The van der Waals surface area contributed by atoms with E-state index in [-0.39, 0.29) is 50.6 Å². The van der Waals surface area contributed by atoms with Crippen LogP contribution in [0.5, 0.6) is 0 Å². The zero-order valence-corrected chi connectivity index (χ0v) is 23.9. The van der Waals surface area contributed by atoms with Crippen LogP contribution in [0.15, 0.2) is 11.6 Å². The van der Waals surface area contributed by atoms with Gasteiger partial charge < -0.3 is 4.74 Å². The maximum atomic E-state index is 14.4. The minimum absolute atomic E-state index is 0.00875. The zero-order chi connectivity index (χ0) is 26.5. The summed E-state index contributed by atoms with van der Waals surface area (Å²) >= 11 is 0. The monoisotopic (exact) mass is 493 g/mol. The number of rotatable bonds is 2. The van der Waals surface area contributed by atoms with Gasteiger partial charge in [0.2, 0.25) is 0 Å². The highest BCUT2D eigenvalue weighted by molar-refractivity contribution is 6.04. The number of hydrogen-bond donors (Lipinski definition) is 0. The summed E-state index contributed by atoms with van der Waals surface area (Å²) in [5.74, 6) is 1.16. The first-order valence-corrected chi connectivity index (χ1v) is 14.3. The summed E-state index contributed by atoms with van der Waals surface area (Å²) in [4.78, 5) is 27.7. The van der Waals surface area contributed by atoms with Gasteiger partial charge in [-0.25, -0.2) is 0 Å². The lowest BCUT2D eigenvalue weighted by molar-refractivity contribution is -0.227. The van der Waals surface area contributed by atoms with Crippen LogP contribution in [0.4, 0.5) is 0 Å². The van der Waals surface area contributed by atoms with Crippen LogP contribution in [0.25, 0.3) is 0 Å². The second kappa shape index (κ2) is 7.78. The Morgan fingerprint density at radius 3 is 2.25 bits per heavy atom. The van der Waals surface area contributed by atoms with E-state index in [1.54, 1.807) is 0 Å². The Balaban J connectivity index is 1.63. The quantitative estimate of drug-likeness (QED) is 0.418. The first-order chi connectivity index (χ1) is 16.6. The molecule has 4 nitrogen and oxygen atoms in total. The number of nitrogens with zero attached hydrogens (tertiary/aromatic N) is 1. The Kier molecular flexibility index (Phi) is 5.65. The summed E-state index contributed by atoms with van der Waals surface area (Å²) in [6.07, 6.45) is 10.3. The zero-order valence-electron chi connectivity index (χ0n) is 23.9. The average Bonchev–Trinajstić information content (AvgIpc) is 2.79. The van der Waals surface area contributed by atoms with E-state index in [0.717, 1.165) is 45.1 Å². The van der Waals surface area contributed by atoms with Crippen molar-refractivity contribution in [2.75, 3.05) is 13.7 Å². The molecule has 0 aromatic heterocycles. The van der Waals surface area contributed by atoms with Crippen molar-refractivity contribution in [2.45, 2.75) is 99.8 Å². The van der Waals surface area contributed by atoms with Crippen LogP contribution in [0.2, 0.25) is 0 Å². The van der Waals surface area contributed by atoms with Crippen molar-refractivity contribution < 1.29 is 14.3 Å². The lowest BCUT2D eigenvalue weighted by atomic mass is 9.31. The van der Waals surface area contributed by atoms with E-state index in [0.29, 0.717) is 23.7 Å². The SMILES string of the molecule is COC[C@]12CCC(C)(C)C[C@H]1[C@H]1C(=O)C[C@@H]3[C@@]4(C)C=C(C#N)C(=O)C(C)(C)[C@@H]4CC[C@@]3(C)[C@]1(C)CC2. The Morgan fingerprint density at radius 1 is 0.944 bits per heavy atom. The molecule has 0 heterocycles. The highest BCUT2D eigenvalue weighted by Crippen LogP contribution is 2.75. The number of ketones is 2. The molecule has 5 aliphatic rings. The van der Waals surface area contributed by atoms with Crippen LogP contribution >= 0.6 is 0 Å². The molecule has 36 heavy (non-hydrogen) atoms. The second-order valence-corrected chi connectivity index (χ2v) is 15.5. The molecule has 4 saturated carbocycles. The summed E-state index contributed by atoms with van der Waals surface area (Å²) in [6.45, 7) is 16.8. The fraction of sp³-hybridized carbons (Fsp3) is 0.844. The fourth-order valence-electron chi connectivity index (χ4n) is 11.0. The summed E-state index contributed by atoms with van der Waals surface area (Å²) in [5.41, 5.74) is -0.328. The number of Topliss-reactive ketones (excluding diaryl/α,β-unsaturated/α-hetero) is 2. The molecule has 0 unspecified atom stereocenters. The van der Waals surface area contributed by atoms with Crippen molar-refractivity contribution in [1.29, 1.82) is 5.26 Å². The van der Waals surface area contributed by atoms with Gasteiger partial charge in [-0.15, -0.1) is 0 Å². The molecule has 0 aromatic rings. The van der Waals surface area contributed by atoms with Crippen molar-refractivity contribution >= 4 is 11.6 Å². The van der Waals surface area contributed by atoms with Gasteiger partial charge in [-0.1, -0.05) is 54.5 Å². The second-order valence-electron chi connectivity index (χ2n) is 15.5. The third kappa shape index (κ3) is 3.14. The van der Waals surface area contributed by atoms with E-state index in [1.807, 2.05) is 27.0 Å². The van der Waals surface area contributed by atoms with Gasteiger partial charge in [-0.3, -0.25) is 9.59 Å². The summed E-state index contributed by atoms with van der Waals surface area (Å²) in [5, 5.41) is 9.89. The van der Waals surface area contributed by atoms with E-state index in [4.69, 9.17) is 4.74 Å². The van der Waals surface area contributed by atoms with E-state index < -0.39 is 5.41 Å². The molecule has 0 spiro atoms. The van der Waals surface area contributed by atoms with E-state index >= 15 is 0 Å². The van der Waals surface area contributed by atoms with Crippen LogP contribution in [-0.2, 0) is 14.3 Å². The number of ether oxygens (including phenoxy) is 1. The molecule has 0 amide bonds. The van der Waals surface area contributed by atoms with Gasteiger partial charge in [0.05, 0.1) is 12.2 Å². The fourth-order valence-corrected chi connectivity index (χ4v) is 11.0. The molecule has 0 N–H and O–H groups in total. The highest BCUT2D eigenvalue weighted by Gasteiger charge is 2.72. The van der Waals surface area contributed by atoms with Crippen LogP contribution in [0.1, 0.15) is 99.8 Å². The van der Waals surface area contributed by atoms with Gasteiger partial charge >= 0.3 is 0 Å². The standard InChI is InChI=1S/C32H47NO3/c1-27(2)11-13-32(19-36-8)14-12-31(7)25(21(32)17-27)22(34)15-24-29(5)16-20(18-33)26(35)28(3,4)23(29)9-10-30(24,31)6/h16,21,23-25H,9-15,17,19H2,1-8H3/t21-,23-,24+,25-,29-,30+,31+,32+/m0/s1. The van der Waals surface area contributed by atoms with E-state index in [9.17, 15) is 14.9 Å². The molecule has 0 saturated heterocycles. The number of fused-ring (bicyclic) bond motifs is 7. The average molecular weight is 494 g/mol. The van der Waals surface area contributed by atoms with Crippen molar-refractivity contribution in [2.24, 2.45) is 56.2 Å². The van der Waals surface area contributed by atoms with Gasteiger partial charge in [0.15, 0.2) is 5.78 Å². The minimum Gasteiger partial charge on any atom is -0.384 e. The third-order valence-corrected chi connectivity index (χ3v) is 13.1. The molecule has 4 fully saturated rings. The number of carbonyl (C=O) groups is 2. The van der Waals surface area contributed by atoms with Crippen LogP contribution in [0.3, 0.4) is 0 Å². The maximum absolute atomic E-state index is 14.4. The Labute approximate surface area is 218 Å². The van der Waals surface area contributed by atoms with Crippen molar-refractivity contribution in [1.82, 2.24) is 0 Å². The molecule has 5 rings (SSSR count). The van der Waals surface area contributed by atoms with Gasteiger partial charge in [0.1, 0.15) is 11.9 Å². The summed E-state index contributed by atoms with van der Waals surface area (Å²) in [7, 11) is 1.83. The number of nitriles is 1. The predicted molar refractivity (Wildman–Crippen MR) is 141 cm³/mol. The van der Waals surface area contributed by atoms with Crippen molar-refractivity contribution in [3.63, 3.8) is 0 Å². The summed E-state index contributed by atoms with van der Waals surface area (Å²) < 4.78 is 5.85. The predicted octanol–water partition coefficient (Wildman–Crippen LogP) is 6.93. The smallest absolute Gasteiger partial charge is 0.178 e.